The average molecular weight is 361 g/mol. The summed E-state index contributed by atoms with van der Waals surface area (Å²) in [6.07, 6.45) is 2.97. The van der Waals surface area contributed by atoms with E-state index >= 15 is 0 Å². The summed E-state index contributed by atoms with van der Waals surface area (Å²) < 4.78 is 6.57. The van der Waals surface area contributed by atoms with E-state index in [0.29, 0.717) is 17.0 Å². The van der Waals surface area contributed by atoms with Gasteiger partial charge in [0.15, 0.2) is 5.76 Å². The van der Waals surface area contributed by atoms with Gasteiger partial charge in [-0.2, -0.15) is 5.10 Å². The molecule has 0 atom stereocenters. The zero-order valence-electron chi connectivity index (χ0n) is 14.2. The predicted molar refractivity (Wildman–Crippen MR) is 98.1 cm³/mol. The third kappa shape index (κ3) is 3.59. The number of para-hydroxylation sites is 2. The molecule has 8 nitrogen and oxygen atoms in total. The predicted octanol–water partition coefficient (Wildman–Crippen LogP) is 1.88. The fourth-order valence-corrected chi connectivity index (χ4v) is 2.60. The number of fused-ring (bicyclic) bond motifs is 1. The average Bonchev–Trinajstić information content (AvgIpc) is 3.24. The molecule has 1 amide bonds. The highest BCUT2D eigenvalue weighted by Crippen LogP contribution is 2.15. The molecule has 0 unspecified atom stereocenters. The zero-order valence-corrected chi connectivity index (χ0v) is 14.2. The van der Waals surface area contributed by atoms with Crippen molar-refractivity contribution in [2.45, 2.75) is 6.54 Å². The molecule has 0 saturated heterocycles. The molecule has 0 bridgehead atoms. The molecule has 8 heteroatoms. The Labute approximate surface area is 153 Å². The number of rotatable bonds is 5. The van der Waals surface area contributed by atoms with Gasteiger partial charge < -0.3 is 9.73 Å². The minimum atomic E-state index is -0.358. The van der Waals surface area contributed by atoms with Crippen LogP contribution in [0.15, 0.2) is 70.2 Å². The lowest BCUT2D eigenvalue weighted by Gasteiger charge is -2.07. The Morgan fingerprint density at radius 2 is 1.93 bits per heavy atom. The number of hydrogen-bond acceptors (Lipinski definition) is 6. The smallest absolute Gasteiger partial charge is 0.271 e. The van der Waals surface area contributed by atoms with Crippen molar-refractivity contribution in [1.82, 2.24) is 25.1 Å². The number of carbonyl (C=O) groups is 1. The molecular weight excluding hydrogens is 346 g/mol. The maximum Gasteiger partial charge on any atom is 0.271 e. The van der Waals surface area contributed by atoms with Crippen molar-refractivity contribution in [3.05, 3.63) is 77.0 Å². The van der Waals surface area contributed by atoms with Crippen molar-refractivity contribution >= 4 is 16.9 Å². The van der Waals surface area contributed by atoms with Gasteiger partial charge >= 0.3 is 0 Å². The highest BCUT2D eigenvalue weighted by atomic mass is 16.3. The van der Waals surface area contributed by atoms with Crippen LogP contribution in [0, 0.1) is 0 Å². The van der Waals surface area contributed by atoms with E-state index in [1.807, 2.05) is 18.2 Å². The second-order valence-electron chi connectivity index (χ2n) is 5.76. The van der Waals surface area contributed by atoms with Crippen LogP contribution in [0.5, 0.6) is 0 Å². The van der Waals surface area contributed by atoms with E-state index in [9.17, 15) is 9.59 Å². The van der Waals surface area contributed by atoms with Crippen LogP contribution in [0.25, 0.3) is 22.5 Å². The minimum Gasteiger partial charge on any atom is -0.463 e. The fraction of sp³-hybridized carbons (Fsp3) is 0.105. The van der Waals surface area contributed by atoms with E-state index in [1.165, 1.54) is 23.2 Å². The fourth-order valence-electron chi connectivity index (χ4n) is 2.60. The number of hydrogen-bond donors (Lipinski definition) is 1. The topological polar surface area (TPSA) is 103 Å². The Morgan fingerprint density at radius 3 is 2.74 bits per heavy atom. The van der Waals surface area contributed by atoms with Crippen LogP contribution >= 0.6 is 0 Å². The van der Waals surface area contributed by atoms with E-state index in [2.05, 4.69) is 20.4 Å². The first-order chi connectivity index (χ1) is 13.2. The van der Waals surface area contributed by atoms with Crippen molar-refractivity contribution in [3.63, 3.8) is 0 Å². The van der Waals surface area contributed by atoms with Crippen molar-refractivity contribution in [2.24, 2.45) is 0 Å². The van der Waals surface area contributed by atoms with Gasteiger partial charge in [0.1, 0.15) is 11.4 Å². The van der Waals surface area contributed by atoms with Crippen LogP contribution in [0.2, 0.25) is 0 Å². The Morgan fingerprint density at radius 1 is 1.07 bits per heavy atom. The molecule has 134 valence electrons. The number of furan rings is 1. The summed E-state index contributed by atoms with van der Waals surface area (Å²) in [6, 6.07) is 13.8. The number of benzene rings is 1. The van der Waals surface area contributed by atoms with E-state index in [4.69, 9.17) is 4.42 Å². The normalized spacial score (nSPS) is 10.8. The summed E-state index contributed by atoms with van der Waals surface area (Å²) in [4.78, 5) is 32.8. The molecule has 0 saturated carbocycles. The first-order valence-corrected chi connectivity index (χ1v) is 8.33. The highest BCUT2D eigenvalue weighted by molar-refractivity contribution is 5.93. The van der Waals surface area contributed by atoms with E-state index in [1.54, 1.807) is 24.3 Å². The second kappa shape index (κ2) is 7.20. The molecule has 27 heavy (non-hydrogen) atoms. The number of nitrogens with one attached hydrogen (secondary N) is 1. The molecule has 0 radical (unpaired) electrons. The molecule has 0 aliphatic rings. The van der Waals surface area contributed by atoms with Crippen LogP contribution in [-0.4, -0.2) is 32.2 Å². The van der Waals surface area contributed by atoms with Gasteiger partial charge in [-0.3, -0.25) is 14.6 Å². The zero-order chi connectivity index (χ0) is 18.6. The third-order valence-corrected chi connectivity index (χ3v) is 3.93. The van der Waals surface area contributed by atoms with E-state index < -0.39 is 0 Å². The third-order valence-electron chi connectivity index (χ3n) is 3.93. The Hall–Kier alpha value is -3.81. The minimum absolute atomic E-state index is 0.221. The molecule has 3 aromatic heterocycles. The lowest BCUT2D eigenvalue weighted by molar-refractivity contribution is 0.0946. The number of amides is 1. The summed E-state index contributed by atoms with van der Waals surface area (Å²) in [7, 11) is 0. The van der Waals surface area contributed by atoms with Crippen molar-refractivity contribution in [2.75, 3.05) is 6.54 Å². The van der Waals surface area contributed by atoms with Crippen molar-refractivity contribution in [1.29, 1.82) is 0 Å². The van der Waals surface area contributed by atoms with Gasteiger partial charge in [-0.05, 0) is 30.3 Å². The molecule has 0 spiro atoms. The molecular formula is C19H15N5O3. The Balaban J connectivity index is 1.44. The second-order valence-corrected chi connectivity index (χ2v) is 5.76. The molecule has 0 aliphatic carbocycles. The molecule has 4 aromatic rings. The van der Waals surface area contributed by atoms with Crippen LogP contribution in [-0.2, 0) is 6.54 Å². The van der Waals surface area contributed by atoms with Gasteiger partial charge in [-0.15, -0.1) is 0 Å². The number of carbonyl (C=O) groups excluding carboxylic acids is 1. The van der Waals surface area contributed by atoms with Gasteiger partial charge in [-0.1, -0.05) is 12.1 Å². The summed E-state index contributed by atoms with van der Waals surface area (Å²) in [5.41, 5.74) is 1.88. The Bertz CT molecular complexity index is 1150. The molecule has 1 aromatic carbocycles. The largest absolute Gasteiger partial charge is 0.463 e. The standard InChI is InChI=1S/C19H15N5O3/c25-18-8-7-15(17-6-3-11-27-17)23-24(18)10-9-20-19(26)16-12-21-13-4-1-2-5-14(13)22-16/h1-8,11-12H,9-10H2,(H,20,26). The number of nitrogens with zero attached hydrogens (tertiary/aromatic N) is 4. The van der Waals surface area contributed by atoms with Crippen LogP contribution < -0.4 is 10.9 Å². The van der Waals surface area contributed by atoms with Crippen LogP contribution in [0.1, 0.15) is 10.5 Å². The summed E-state index contributed by atoms with van der Waals surface area (Å²) in [5, 5.41) is 6.99. The van der Waals surface area contributed by atoms with Crippen LogP contribution in [0.4, 0.5) is 0 Å². The van der Waals surface area contributed by atoms with Gasteiger partial charge in [0.25, 0.3) is 11.5 Å². The quantitative estimate of drug-likeness (QED) is 0.582. The maximum atomic E-state index is 12.3. The van der Waals surface area contributed by atoms with Crippen molar-refractivity contribution in [3.8, 4) is 11.5 Å². The van der Waals surface area contributed by atoms with E-state index in [-0.39, 0.29) is 30.2 Å². The maximum absolute atomic E-state index is 12.3. The SMILES string of the molecule is O=C(NCCn1nc(-c2ccco2)ccc1=O)c1cnc2ccccc2n1. The molecule has 0 fully saturated rings. The van der Waals surface area contributed by atoms with Gasteiger partial charge in [0, 0.05) is 12.6 Å². The molecule has 4 rings (SSSR count). The summed E-state index contributed by atoms with van der Waals surface area (Å²) in [6.45, 7) is 0.446. The molecule has 3 heterocycles. The lowest BCUT2D eigenvalue weighted by atomic mass is 10.3. The van der Waals surface area contributed by atoms with Crippen LogP contribution in [0.3, 0.4) is 0 Å². The van der Waals surface area contributed by atoms with Gasteiger partial charge in [0.2, 0.25) is 0 Å². The van der Waals surface area contributed by atoms with Gasteiger partial charge in [-0.25, -0.2) is 9.67 Å². The Kier molecular flexibility index (Phi) is 4.44. The van der Waals surface area contributed by atoms with E-state index in [0.717, 1.165) is 5.52 Å². The van der Waals surface area contributed by atoms with Crippen molar-refractivity contribution < 1.29 is 9.21 Å². The molecule has 0 aliphatic heterocycles. The van der Waals surface area contributed by atoms with Gasteiger partial charge in [0.05, 0.1) is 30.0 Å². The number of aromatic nitrogens is 4. The monoisotopic (exact) mass is 361 g/mol. The summed E-state index contributed by atoms with van der Waals surface area (Å²) in [5.74, 6) is 0.211. The summed E-state index contributed by atoms with van der Waals surface area (Å²) >= 11 is 0. The first kappa shape index (κ1) is 16.6. The first-order valence-electron chi connectivity index (χ1n) is 8.33. The molecule has 1 N–H and O–H groups in total. The lowest BCUT2D eigenvalue weighted by Crippen LogP contribution is -2.32. The highest BCUT2D eigenvalue weighted by Gasteiger charge is 2.10.